The third-order valence-electron chi connectivity index (χ3n) is 3.67. The van der Waals surface area contributed by atoms with E-state index < -0.39 is 5.54 Å². The second-order valence-corrected chi connectivity index (χ2v) is 5.67. The Morgan fingerprint density at radius 3 is 2.67 bits per heavy atom. The monoisotopic (exact) mass is 254 g/mol. The number of piperazine rings is 1. The van der Waals surface area contributed by atoms with Crippen LogP contribution in [-0.2, 0) is 14.3 Å². The summed E-state index contributed by atoms with van der Waals surface area (Å²) < 4.78 is 5.45. The maximum atomic E-state index is 12.4. The molecule has 2 rings (SSSR count). The SMILES string of the molecule is CC(C)OCCN1CC(=O)NC(C)(C2CC2)C1=O. The fraction of sp³-hybridized carbons (Fsp3) is 0.846. The molecule has 1 N–H and O–H groups in total. The van der Waals surface area contributed by atoms with Gasteiger partial charge in [-0.05, 0) is 39.5 Å². The summed E-state index contributed by atoms with van der Waals surface area (Å²) in [7, 11) is 0. The lowest BCUT2D eigenvalue weighted by molar-refractivity contribution is -0.151. The topological polar surface area (TPSA) is 58.6 Å². The van der Waals surface area contributed by atoms with E-state index in [0.717, 1.165) is 12.8 Å². The van der Waals surface area contributed by atoms with Gasteiger partial charge in [0.15, 0.2) is 0 Å². The Hall–Kier alpha value is -1.10. The number of nitrogens with zero attached hydrogens (tertiary/aromatic N) is 1. The van der Waals surface area contributed by atoms with Gasteiger partial charge in [-0.3, -0.25) is 9.59 Å². The van der Waals surface area contributed by atoms with Crippen LogP contribution in [-0.4, -0.2) is 48.1 Å². The third-order valence-corrected chi connectivity index (χ3v) is 3.67. The van der Waals surface area contributed by atoms with Gasteiger partial charge in [-0.2, -0.15) is 0 Å². The summed E-state index contributed by atoms with van der Waals surface area (Å²) in [6.45, 7) is 6.89. The van der Waals surface area contributed by atoms with Crippen molar-refractivity contribution in [3.8, 4) is 0 Å². The van der Waals surface area contributed by atoms with Crippen LogP contribution in [0, 0.1) is 5.92 Å². The maximum absolute atomic E-state index is 12.4. The zero-order valence-electron chi connectivity index (χ0n) is 11.4. The van der Waals surface area contributed by atoms with E-state index >= 15 is 0 Å². The minimum atomic E-state index is -0.687. The van der Waals surface area contributed by atoms with Crippen LogP contribution >= 0.6 is 0 Å². The van der Waals surface area contributed by atoms with Crippen LogP contribution in [0.1, 0.15) is 33.6 Å². The lowest BCUT2D eigenvalue weighted by Gasteiger charge is -2.40. The average molecular weight is 254 g/mol. The molecule has 1 atom stereocenters. The Kier molecular flexibility index (Phi) is 3.61. The summed E-state index contributed by atoms with van der Waals surface area (Å²) in [5.41, 5.74) is -0.687. The molecule has 18 heavy (non-hydrogen) atoms. The number of carbonyl (C=O) groups excluding carboxylic acids is 2. The van der Waals surface area contributed by atoms with Crippen molar-refractivity contribution in [3.05, 3.63) is 0 Å². The first-order valence-electron chi connectivity index (χ1n) is 6.65. The summed E-state index contributed by atoms with van der Waals surface area (Å²) in [6, 6.07) is 0. The van der Waals surface area contributed by atoms with Gasteiger partial charge in [-0.25, -0.2) is 0 Å². The summed E-state index contributed by atoms with van der Waals surface area (Å²) in [5, 5.41) is 2.86. The second kappa shape index (κ2) is 4.88. The molecule has 1 aliphatic carbocycles. The van der Waals surface area contributed by atoms with E-state index in [-0.39, 0.29) is 24.5 Å². The standard InChI is InChI=1S/C13H22N2O3/c1-9(2)18-7-6-15-8-11(16)14-13(3,12(15)17)10-4-5-10/h9-10H,4-8H2,1-3H3,(H,14,16). The smallest absolute Gasteiger partial charge is 0.248 e. The highest BCUT2D eigenvalue weighted by atomic mass is 16.5. The zero-order chi connectivity index (χ0) is 13.3. The first-order chi connectivity index (χ1) is 8.43. The van der Waals surface area contributed by atoms with Crippen molar-refractivity contribution in [2.24, 2.45) is 5.92 Å². The van der Waals surface area contributed by atoms with Crippen molar-refractivity contribution in [1.82, 2.24) is 10.2 Å². The molecule has 1 aliphatic heterocycles. The van der Waals surface area contributed by atoms with Gasteiger partial charge in [0.2, 0.25) is 11.8 Å². The van der Waals surface area contributed by atoms with Crippen molar-refractivity contribution in [2.75, 3.05) is 19.7 Å². The Morgan fingerprint density at radius 2 is 2.11 bits per heavy atom. The van der Waals surface area contributed by atoms with Gasteiger partial charge < -0.3 is 15.0 Å². The number of amides is 2. The van der Waals surface area contributed by atoms with E-state index in [1.165, 1.54) is 0 Å². The predicted molar refractivity (Wildman–Crippen MR) is 66.9 cm³/mol. The molecule has 2 aliphatic rings. The summed E-state index contributed by atoms with van der Waals surface area (Å²) in [5.74, 6) is 0.285. The van der Waals surface area contributed by atoms with Crippen LogP contribution in [0.4, 0.5) is 0 Å². The van der Waals surface area contributed by atoms with Crippen molar-refractivity contribution in [3.63, 3.8) is 0 Å². The minimum absolute atomic E-state index is 0.0388. The summed E-state index contributed by atoms with van der Waals surface area (Å²) >= 11 is 0. The van der Waals surface area contributed by atoms with Gasteiger partial charge >= 0.3 is 0 Å². The molecule has 5 nitrogen and oxygen atoms in total. The zero-order valence-corrected chi connectivity index (χ0v) is 11.4. The summed E-state index contributed by atoms with van der Waals surface area (Å²) in [4.78, 5) is 25.7. The van der Waals surface area contributed by atoms with Crippen LogP contribution in [0.15, 0.2) is 0 Å². The van der Waals surface area contributed by atoms with E-state index in [9.17, 15) is 9.59 Å². The fourth-order valence-electron chi connectivity index (χ4n) is 2.47. The van der Waals surface area contributed by atoms with Gasteiger partial charge in [-0.1, -0.05) is 0 Å². The summed E-state index contributed by atoms with van der Waals surface area (Å²) in [6.07, 6.45) is 2.20. The lowest BCUT2D eigenvalue weighted by Crippen LogP contribution is -2.66. The largest absolute Gasteiger partial charge is 0.377 e. The average Bonchev–Trinajstić information content (AvgIpc) is 3.08. The Balaban J connectivity index is 1.97. The Morgan fingerprint density at radius 1 is 1.44 bits per heavy atom. The van der Waals surface area contributed by atoms with Crippen molar-refractivity contribution in [1.29, 1.82) is 0 Å². The van der Waals surface area contributed by atoms with E-state index in [0.29, 0.717) is 19.1 Å². The van der Waals surface area contributed by atoms with Gasteiger partial charge in [0.1, 0.15) is 5.54 Å². The molecule has 5 heteroatoms. The quantitative estimate of drug-likeness (QED) is 0.779. The fourth-order valence-corrected chi connectivity index (χ4v) is 2.47. The Bertz CT molecular complexity index is 352. The molecule has 2 fully saturated rings. The molecule has 1 saturated heterocycles. The van der Waals surface area contributed by atoms with Crippen LogP contribution in [0.25, 0.3) is 0 Å². The first-order valence-corrected chi connectivity index (χ1v) is 6.65. The molecule has 1 heterocycles. The van der Waals surface area contributed by atoms with Crippen LogP contribution in [0.5, 0.6) is 0 Å². The second-order valence-electron chi connectivity index (χ2n) is 5.67. The van der Waals surface area contributed by atoms with E-state index in [2.05, 4.69) is 5.32 Å². The number of ether oxygens (including phenoxy) is 1. The normalized spacial score (nSPS) is 28.8. The van der Waals surface area contributed by atoms with Gasteiger partial charge in [0, 0.05) is 6.54 Å². The molecule has 0 aromatic carbocycles. The molecule has 0 bridgehead atoms. The van der Waals surface area contributed by atoms with Gasteiger partial charge in [0.05, 0.1) is 19.3 Å². The molecule has 0 spiro atoms. The van der Waals surface area contributed by atoms with Crippen LogP contribution < -0.4 is 5.32 Å². The molecule has 102 valence electrons. The number of hydrogen-bond donors (Lipinski definition) is 1. The highest BCUT2D eigenvalue weighted by molar-refractivity contribution is 5.98. The predicted octanol–water partition coefficient (Wildman–Crippen LogP) is 0.538. The molecule has 1 saturated carbocycles. The van der Waals surface area contributed by atoms with Crippen LogP contribution in [0.3, 0.4) is 0 Å². The van der Waals surface area contributed by atoms with E-state index in [1.54, 1.807) is 4.90 Å². The number of rotatable bonds is 5. The highest BCUT2D eigenvalue weighted by Crippen LogP contribution is 2.41. The number of carbonyl (C=O) groups is 2. The number of nitrogens with one attached hydrogen (secondary N) is 1. The van der Waals surface area contributed by atoms with E-state index in [4.69, 9.17) is 4.74 Å². The van der Waals surface area contributed by atoms with Gasteiger partial charge in [-0.15, -0.1) is 0 Å². The third kappa shape index (κ3) is 2.66. The van der Waals surface area contributed by atoms with Crippen molar-refractivity contribution < 1.29 is 14.3 Å². The number of hydrogen-bond acceptors (Lipinski definition) is 3. The molecule has 2 amide bonds. The molecular weight excluding hydrogens is 232 g/mol. The maximum Gasteiger partial charge on any atom is 0.248 e. The molecule has 0 aromatic rings. The van der Waals surface area contributed by atoms with E-state index in [1.807, 2.05) is 20.8 Å². The molecule has 1 unspecified atom stereocenters. The minimum Gasteiger partial charge on any atom is -0.377 e. The molecule has 0 aromatic heterocycles. The van der Waals surface area contributed by atoms with Crippen molar-refractivity contribution >= 4 is 11.8 Å². The molecule has 0 radical (unpaired) electrons. The van der Waals surface area contributed by atoms with Gasteiger partial charge in [0.25, 0.3) is 0 Å². The molecular formula is C13H22N2O3. The highest BCUT2D eigenvalue weighted by Gasteiger charge is 2.52. The lowest BCUT2D eigenvalue weighted by atomic mass is 9.91. The van der Waals surface area contributed by atoms with Crippen LogP contribution in [0.2, 0.25) is 0 Å². The first kappa shape index (κ1) is 13.3. The Labute approximate surface area is 108 Å². The van der Waals surface area contributed by atoms with Crippen molar-refractivity contribution in [2.45, 2.75) is 45.3 Å².